The summed E-state index contributed by atoms with van der Waals surface area (Å²) in [6.07, 6.45) is 0.406. The lowest BCUT2D eigenvalue weighted by Crippen LogP contribution is -2.34. The van der Waals surface area contributed by atoms with E-state index in [0.717, 1.165) is 10.5 Å². The second-order valence-electron chi connectivity index (χ2n) is 4.53. The molecule has 0 aromatic heterocycles. The molecular weight excluding hydrogens is 268 g/mol. The first-order valence-corrected chi connectivity index (χ1v) is 7.28. The number of hydrogen-bond acceptors (Lipinski definition) is 3. The Bertz CT molecular complexity index is 625. The van der Waals surface area contributed by atoms with E-state index in [4.69, 9.17) is 0 Å². The first kappa shape index (κ1) is 12.9. The van der Waals surface area contributed by atoms with E-state index < -0.39 is 0 Å². The van der Waals surface area contributed by atoms with Gasteiger partial charge in [-0.3, -0.25) is 9.79 Å². The van der Waals surface area contributed by atoms with Crippen LogP contribution in [0.15, 0.2) is 70.6 Å². The summed E-state index contributed by atoms with van der Waals surface area (Å²) < 4.78 is 0. The number of amidine groups is 1. The van der Waals surface area contributed by atoms with Crippen LogP contribution in [0.3, 0.4) is 0 Å². The van der Waals surface area contributed by atoms with Gasteiger partial charge in [-0.1, -0.05) is 60.3 Å². The number of carbonyl (C=O) groups is 1. The summed E-state index contributed by atoms with van der Waals surface area (Å²) in [6, 6.07) is 19.8. The number of amides is 1. The summed E-state index contributed by atoms with van der Waals surface area (Å²) in [5.41, 5.74) is 1.08. The monoisotopic (exact) mass is 282 g/mol. The maximum Gasteiger partial charge on any atom is 0.228 e. The second-order valence-corrected chi connectivity index (χ2v) is 5.59. The van der Waals surface area contributed by atoms with E-state index in [0.29, 0.717) is 11.6 Å². The summed E-state index contributed by atoms with van der Waals surface area (Å²) >= 11 is 1.48. The van der Waals surface area contributed by atoms with E-state index in [1.54, 1.807) is 0 Å². The number of nitrogens with zero attached hydrogens (tertiary/aromatic N) is 1. The molecule has 0 saturated carbocycles. The minimum absolute atomic E-state index is 0.0206. The predicted molar refractivity (Wildman–Crippen MR) is 81.7 cm³/mol. The number of carbonyl (C=O) groups excluding carboxylic acids is 1. The van der Waals surface area contributed by atoms with Crippen LogP contribution >= 0.6 is 11.8 Å². The Balaban J connectivity index is 1.83. The summed E-state index contributed by atoms with van der Waals surface area (Å²) in [7, 11) is 0. The van der Waals surface area contributed by atoms with Crippen molar-refractivity contribution in [2.45, 2.75) is 17.4 Å². The number of benzene rings is 2. The van der Waals surface area contributed by atoms with Crippen molar-refractivity contribution in [2.24, 2.45) is 4.99 Å². The van der Waals surface area contributed by atoms with Crippen molar-refractivity contribution in [1.29, 1.82) is 0 Å². The average Bonchev–Trinajstić information content (AvgIpc) is 2.49. The van der Waals surface area contributed by atoms with Crippen molar-refractivity contribution in [3.63, 3.8) is 0 Å². The van der Waals surface area contributed by atoms with Gasteiger partial charge in [0.25, 0.3) is 0 Å². The van der Waals surface area contributed by atoms with E-state index in [1.165, 1.54) is 11.8 Å². The highest BCUT2D eigenvalue weighted by Crippen LogP contribution is 2.28. The van der Waals surface area contributed by atoms with Crippen LogP contribution in [0, 0.1) is 0 Å². The highest BCUT2D eigenvalue weighted by atomic mass is 32.2. The van der Waals surface area contributed by atoms with Gasteiger partial charge in [0.15, 0.2) is 5.17 Å². The lowest BCUT2D eigenvalue weighted by atomic mass is 10.0. The largest absolute Gasteiger partial charge is 0.305 e. The molecule has 0 fully saturated rings. The molecule has 100 valence electrons. The van der Waals surface area contributed by atoms with E-state index in [-0.39, 0.29) is 11.9 Å². The Morgan fingerprint density at radius 1 is 1.00 bits per heavy atom. The smallest absolute Gasteiger partial charge is 0.228 e. The lowest BCUT2D eigenvalue weighted by Gasteiger charge is -2.20. The molecule has 0 bridgehead atoms. The van der Waals surface area contributed by atoms with Gasteiger partial charge in [-0.25, -0.2) is 0 Å². The zero-order valence-electron chi connectivity index (χ0n) is 10.8. The van der Waals surface area contributed by atoms with E-state index in [9.17, 15) is 4.79 Å². The third-order valence-electron chi connectivity index (χ3n) is 3.04. The summed E-state index contributed by atoms with van der Waals surface area (Å²) in [5, 5.41) is 3.51. The Kier molecular flexibility index (Phi) is 3.83. The molecule has 1 aliphatic rings. The molecule has 1 N–H and O–H groups in total. The van der Waals surface area contributed by atoms with E-state index in [2.05, 4.69) is 10.3 Å². The highest BCUT2D eigenvalue weighted by molar-refractivity contribution is 8.13. The number of nitrogens with one attached hydrogen (secondary N) is 1. The standard InChI is InChI=1S/C16H14N2OS/c19-15-11-14(12-7-3-1-4-8-12)17-16(18-15)20-13-9-5-2-6-10-13/h1-10,14H,11H2,(H,17,18,19). The van der Waals surface area contributed by atoms with Crippen LogP contribution < -0.4 is 5.32 Å². The molecule has 0 radical (unpaired) electrons. The molecule has 1 amide bonds. The van der Waals surface area contributed by atoms with Crippen LogP contribution in [0.5, 0.6) is 0 Å². The summed E-state index contributed by atoms with van der Waals surface area (Å²) in [4.78, 5) is 17.6. The Labute approximate surface area is 122 Å². The number of hydrogen-bond donors (Lipinski definition) is 1. The molecular formula is C16H14N2OS. The maximum absolute atomic E-state index is 11.8. The van der Waals surface area contributed by atoms with Crippen molar-refractivity contribution in [3.05, 3.63) is 66.2 Å². The molecule has 1 unspecified atom stereocenters. The molecule has 3 rings (SSSR count). The fraction of sp³-hybridized carbons (Fsp3) is 0.125. The van der Waals surface area contributed by atoms with Crippen molar-refractivity contribution in [1.82, 2.24) is 5.32 Å². The van der Waals surface area contributed by atoms with Gasteiger partial charge in [-0.15, -0.1) is 0 Å². The third kappa shape index (κ3) is 3.08. The molecule has 2 aromatic carbocycles. The van der Waals surface area contributed by atoms with Crippen LogP contribution in [-0.2, 0) is 4.79 Å². The molecule has 1 aliphatic heterocycles. The number of aliphatic imine (C=N–C) groups is 1. The zero-order chi connectivity index (χ0) is 13.8. The van der Waals surface area contributed by atoms with Crippen LogP contribution in [-0.4, -0.2) is 11.1 Å². The van der Waals surface area contributed by atoms with Gasteiger partial charge in [0.05, 0.1) is 12.5 Å². The molecule has 20 heavy (non-hydrogen) atoms. The first-order valence-electron chi connectivity index (χ1n) is 6.47. The first-order chi connectivity index (χ1) is 9.81. The van der Waals surface area contributed by atoms with Crippen LogP contribution in [0.2, 0.25) is 0 Å². The fourth-order valence-electron chi connectivity index (χ4n) is 2.08. The molecule has 0 aliphatic carbocycles. The van der Waals surface area contributed by atoms with Gasteiger partial charge < -0.3 is 5.32 Å². The zero-order valence-corrected chi connectivity index (χ0v) is 11.6. The van der Waals surface area contributed by atoms with Gasteiger partial charge >= 0.3 is 0 Å². The number of rotatable bonds is 2. The fourth-order valence-corrected chi connectivity index (χ4v) is 2.95. The minimum Gasteiger partial charge on any atom is -0.305 e. The molecule has 4 heteroatoms. The molecule has 1 atom stereocenters. The molecule has 0 spiro atoms. The lowest BCUT2D eigenvalue weighted by molar-refractivity contribution is -0.120. The molecule has 0 saturated heterocycles. The van der Waals surface area contributed by atoms with Crippen LogP contribution in [0.25, 0.3) is 0 Å². The summed E-state index contributed by atoms with van der Waals surface area (Å²) in [5.74, 6) is 0.0206. The minimum atomic E-state index is -0.0869. The predicted octanol–water partition coefficient (Wildman–Crippen LogP) is 3.40. The van der Waals surface area contributed by atoms with Crippen molar-refractivity contribution in [2.75, 3.05) is 0 Å². The highest BCUT2D eigenvalue weighted by Gasteiger charge is 2.22. The van der Waals surface area contributed by atoms with Crippen molar-refractivity contribution < 1.29 is 4.79 Å². The van der Waals surface area contributed by atoms with Crippen molar-refractivity contribution >= 4 is 22.8 Å². The van der Waals surface area contributed by atoms with Gasteiger partial charge in [-0.05, 0) is 17.7 Å². The normalized spacial score (nSPS) is 18.3. The Morgan fingerprint density at radius 2 is 1.65 bits per heavy atom. The van der Waals surface area contributed by atoms with Crippen LogP contribution in [0.4, 0.5) is 0 Å². The summed E-state index contributed by atoms with van der Waals surface area (Å²) in [6.45, 7) is 0. The quantitative estimate of drug-likeness (QED) is 0.917. The molecule has 3 nitrogen and oxygen atoms in total. The van der Waals surface area contributed by atoms with Gasteiger partial charge in [0, 0.05) is 4.90 Å². The van der Waals surface area contributed by atoms with Gasteiger partial charge in [-0.2, -0.15) is 0 Å². The number of thioether (sulfide) groups is 1. The van der Waals surface area contributed by atoms with E-state index >= 15 is 0 Å². The van der Waals surface area contributed by atoms with Gasteiger partial charge in [0.1, 0.15) is 0 Å². The SMILES string of the molecule is O=C1CC(c2ccccc2)N=C(Sc2ccccc2)N1. The third-order valence-corrected chi connectivity index (χ3v) is 3.95. The van der Waals surface area contributed by atoms with E-state index in [1.807, 2.05) is 60.7 Å². The Hall–Kier alpha value is -2.07. The molecule has 2 aromatic rings. The van der Waals surface area contributed by atoms with Crippen molar-refractivity contribution in [3.8, 4) is 0 Å². The molecule has 1 heterocycles. The average molecular weight is 282 g/mol. The second kappa shape index (κ2) is 5.92. The topological polar surface area (TPSA) is 41.5 Å². The maximum atomic E-state index is 11.8. The van der Waals surface area contributed by atoms with Crippen LogP contribution in [0.1, 0.15) is 18.0 Å². The Morgan fingerprint density at radius 3 is 2.35 bits per heavy atom. The van der Waals surface area contributed by atoms with Gasteiger partial charge in [0.2, 0.25) is 5.91 Å².